The van der Waals surface area contributed by atoms with E-state index in [0.29, 0.717) is 37.1 Å². The molecule has 2 aromatic carbocycles. The molecule has 0 unspecified atom stereocenters. The summed E-state index contributed by atoms with van der Waals surface area (Å²) in [4.78, 5) is 0. The van der Waals surface area contributed by atoms with Crippen molar-refractivity contribution >= 4 is 0 Å². The summed E-state index contributed by atoms with van der Waals surface area (Å²) in [6, 6.07) is 11.0. The number of hydrogen-bond acceptors (Lipinski definition) is 1. The van der Waals surface area contributed by atoms with Crippen LogP contribution in [0.2, 0.25) is 0 Å². The van der Waals surface area contributed by atoms with E-state index in [4.69, 9.17) is 0 Å². The van der Waals surface area contributed by atoms with Crippen LogP contribution in [-0.2, 0) is 25.6 Å². The highest BCUT2D eigenvalue weighted by atomic mass is 19.4. The molecule has 0 spiro atoms. The summed E-state index contributed by atoms with van der Waals surface area (Å²) >= 11 is 0. The van der Waals surface area contributed by atoms with Crippen molar-refractivity contribution in [1.29, 1.82) is 0 Å². The van der Waals surface area contributed by atoms with Crippen molar-refractivity contribution in [3.63, 3.8) is 0 Å². The summed E-state index contributed by atoms with van der Waals surface area (Å²) in [5.74, 6) is -0.248. The highest BCUT2D eigenvalue weighted by Gasteiger charge is 2.31. The molecule has 1 nitrogen and oxygen atoms in total. The van der Waals surface area contributed by atoms with Gasteiger partial charge in [-0.25, -0.2) is 4.39 Å². The Balaban J connectivity index is 1.84. The van der Waals surface area contributed by atoms with Crippen molar-refractivity contribution in [2.75, 3.05) is 6.54 Å². The molecule has 0 heterocycles. The number of halogens is 4. The zero-order chi connectivity index (χ0) is 18.4. The van der Waals surface area contributed by atoms with Crippen molar-refractivity contribution in [3.8, 4) is 0 Å². The first-order valence-electron chi connectivity index (χ1n) is 8.39. The van der Waals surface area contributed by atoms with Gasteiger partial charge in [0.25, 0.3) is 0 Å². The SMILES string of the molecule is CC(C)Cc1ccc(CNCCc2cc(F)cc(C(F)(F)F)c2)cc1. The van der Waals surface area contributed by atoms with Gasteiger partial charge in [-0.3, -0.25) is 0 Å². The van der Waals surface area contributed by atoms with Crippen LogP contribution in [-0.4, -0.2) is 6.54 Å². The summed E-state index contributed by atoms with van der Waals surface area (Å²) in [6.45, 7) is 5.45. The first kappa shape index (κ1) is 19.4. The highest BCUT2D eigenvalue weighted by Crippen LogP contribution is 2.30. The quantitative estimate of drug-likeness (QED) is 0.521. The molecule has 0 saturated carbocycles. The molecule has 2 rings (SSSR count). The van der Waals surface area contributed by atoms with Gasteiger partial charge in [0.15, 0.2) is 0 Å². The van der Waals surface area contributed by atoms with E-state index in [9.17, 15) is 17.6 Å². The highest BCUT2D eigenvalue weighted by molar-refractivity contribution is 5.27. The predicted molar refractivity (Wildman–Crippen MR) is 91.8 cm³/mol. The minimum Gasteiger partial charge on any atom is -0.312 e. The van der Waals surface area contributed by atoms with Gasteiger partial charge in [-0.1, -0.05) is 38.1 Å². The Morgan fingerprint density at radius 3 is 2.16 bits per heavy atom. The maximum atomic E-state index is 13.3. The first-order chi connectivity index (χ1) is 11.7. The van der Waals surface area contributed by atoms with E-state index < -0.39 is 17.6 Å². The van der Waals surface area contributed by atoms with Crippen molar-refractivity contribution in [2.45, 2.75) is 39.4 Å². The van der Waals surface area contributed by atoms with Crippen LogP contribution in [0.3, 0.4) is 0 Å². The minimum absolute atomic E-state index is 0.340. The Bertz CT molecular complexity index is 675. The first-order valence-corrected chi connectivity index (χ1v) is 8.39. The Hall–Kier alpha value is -1.88. The molecule has 0 radical (unpaired) electrons. The van der Waals surface area contributed by atoms with Gasteiger partial charge in [0.05, 0.1) is 5.56 Å². The van der Waals surface area contributed by atoms with E-state index >= 15 is 0 Å². The van der Waals surface area contributed by atoms with Crippen LogP contribution in [0, 0.1) is 11.7 Å². The number of nitrogens with one attached hydrogen (secondary N) is 1. The Kier molecular flexibility index (Phi) is 6.59. The van der Waals surface area contributed by atoms with Crippen LogP contribution < -0.4 is 5.32 Å². The van der Waals surface area contributed by atoms with Crippen LogP contribution in [0.25, 0.3) is 0 Å². The standard InChI is InChI=1S/C20H23F4N/c1-14(2)9-15-3-5-16(6-4-15)13-25-8-7-17-10-18(20(22,23)24)12-19(21)11-17/h3-6,10-12,14,25H,7-9,13H2,1-2H3. The molecule has 25 heavy (non-hydrogen) atoms. The fourth-order valence-electron chi connectivity index (χ4n) is 2.69. The Morgan fingerprint density at radius 2 is 1.56 bits per heavy atom. The molecule has 1 N–H and O–H groups in total. The molecule has 136 valence electrons. The monoisotopic (exact) mass is 353 g/mol. The molecule has 5 heteroatoms. The molecule has 0 aliphatic carbocycles. The fourth-order valence-corrected chi connectivity index (χ4v) is 2.69. The molecule has 0 aliphatic rings. The molecule has 0 amide bonds. The smallest absolute Gasteiger partial charge is 0.312 e. The molecule has 0 atom stereocenters. The lowest BCUT2D eigenvalue weighted by molar-refractivity contribution is -0.137. The van der Waals surface area contributed by atoms with Gasteiger partial charge >= 0.3 is 6.18 Å². The number of rotatable bonds is 7. The largest absolute Gasteiger partial charge is 0.416 e. The van der Waals surface area contributed by atoms with Gasteiger partial charge in [0.2, 0.25) is 0 Å². The average molecular weight is 353 g/mol. The second-order valence-electron chi connectivity index (χ2n) is 6.69. The van der Waals surface area contributed by atoms with E-state index in [-0.39, 0.29) is 0 Å². The third-order valence-corrected chi connectivity index (χ3v) is 3.87. The Labute approximate surface area is 146 Å². The molecule has 0 saturated heterocycles. The average Bonchev–Trinajstić information content (AvgIpc) is 2.51. The maximum absolute atomic E-state index is 13.3. The third-order valence-electron chi connectivity index (χ3n) is 3.87. The van der Waals surface area contributed by atoms with Crippen LogP contribution in [0.5, 0.6) is 0 Å². The predicted octanol–water partition coefficient (Wildman–Crippen LogP) is 5.38. The van der Waals surface area contributed by atoms with Gasteiger partial charge in [-0.2, -0.15) is 13.2 Å². The van der Waals surface area contributed by atoms with Gasteiger partial charge in [0.1, 0.15) is 5.82 Å². The molecule has 0 fully saturated rings. The summed E-state index contributed by atoms with van der Waals surface area (Å²) in [7, 11) is 0. The summed E-state index contributed by atoms with van der Waals surface area (Å²) < 4.78 is 51.4. The second-order valence-corrected chi connectivity index (χ2v) is 6.69. The third kappa shape index (κ3) is 6.50. The van der Waals surface area contributed by atoms with E-state index in [0.717, 1.165) is 24.1 Å². The molecular formula is C20H23F4N. The van der Waals surface area contributed by atoms with Gasteiger partial charge in [-0.15, -0.1) is 0 Å². The summed E-state index contributed by atoms with van der Waals surface area (Å²) in [5, 5.41) is 3.18. The van der Waals surface area contributed by atoms with Gasteiger partial charge < -0.3 is 5.32 Å². The zero-order valence-corrected chi connectivity index (χ0v) is 14.5. The van der Waals surface area contributed by atoms with Crippen molar-refractivity contribution in [2.24, 2.45) is 5.92 Å². The van der Waals surface area contributed by atoms with Crippen molar-refractivity contribution in [1.82, 2.24) is 5.32 Å². The van der Waals surface area contributed by atoms with Crippen LogP contribution in [0.4, 0.5) is 17.6 Å². The number of hydrogen-bond donors (Lipinski definition) is 1. The van der Waals surface area contributed by atoms with Gasteiger partial charge in [-0.05, 0) is 60.2 Å². The second kappa shape index (κ2) is 8.48. The van der Waals surface area contributed by atoms with E-state index in [1.807, 2.05) is 0 Å². The summed E-state index contributed by atoms with van der Waals surface area (Å²) in [5.41, 5.74) is 1.80. The normalized spacial score (nSPS) is 12.0. The van der Waals surface area contributed by atoms with E-state index in [2.05, 4.69) is 43.4 Å². The minimum atomic E-state index is -4.53. The van der Waals surface area contributed by atoms with Crippen LogP contribution >= 0.6 is 0 Å². The molecule has 0 bridgehead atoms. The molecule has 0 aliphatic heterocycles. The lowest BCUT2D eigenvalue weighted by Gasteiger charge is -2.10. The molecule has 2 aromatic rings. The van der Waals surface area contributed by atoms with Gasteiger partial charge in [0, 0.05) is 6.54 Å². The topological polar surface area (TPSA) is 12.0 Å². The maximum Gasteiger partial charge on any atom is 0.416 e. The molecule has 0 aromatic heterocycles. The lowest BCUT2D eigenvalue weighted by Crippen LogP contribution is -2.17. The zero-order valence-electron chi connectivity index (χ0n) is 14.5. The lowest BCUT2D eigenvalue weighted by atomic mass is 10.0. The number of benzene rings is 2. The van der Waals surface area contributed by atoms with Crippen LogP contribution in [0.15, 0.2) is 42.5 Å². The number of alkyl halides is 3. The van der Waals surface area contributed by atoms with E-state index in [1.165, 1.54) is 5.56 Å². The van der Waals surface area contributed by atoms with Crippen molar-refractivity contribution in [3.05, 3.63) is 70.5 Å². The van der Waals surface area contributed by atoms with Crippen LogP contribution in [0.1, 0.15) is 36.1 Å². The van der Waals surface area contributed by atoms with E-state index in [1.54, 1.807) is 0 Å². The summed E-state index contributed by atoms with van der Waals surface area (Å²) in [6.07, 6.45) is -3.15. The fraction of sp³-hybridized carbons (Fsp3) is 0.400. The van der Waals surface area contributed by atoms with Crippen molar-refractivity contribution < 1.29 is 17.6 Å². The Morgan fingerprint density at radius 1 is 0.920 bits per heavy atom. The molecular weight excluding hydrogens is 330 g/mol.